The van der Waals surface area contributed by atoms with Crippen LogP contribution in [0.5, 0.6) is 11.5 Å². The molecule has 3 heterocycles. The van der Waals surface area contributed by atoms with Crippen LogP contribution in [0.2, 0.25) is 0 Å². The van der Waals surface area contributed by atoms with E-state index < -0.39 is 59.8 Å². The van der Waals surface area contributed by atoms with Gasteiger partial charge in [-0.2, -0.15) is 0 Å². The molecule has 3 aromatic carbocycles. The SMILES string of the molecule is CC[C@@H]1Cc2cc(O)c(O[C@@H]3C[C@H](Cc4ccc[nH]4)C4=CCNC(N)=C4CSSC[C@H](CO)[C@H]3O)cc2[C@H]2C[C@@H](O)[C@@H]3[C@@H](C#C[C@]45C[C@H](c6ccccc6)[C@H]6Cc7ccccc7CC[C@@H]7CC[C@H](O)[C@H]4[C@@]76C=C[C@H]5[C@H](O)CC[C@@H]3O)C=C12. The number of phenolic OH excluding ortho intramolecular Hbond substituents is 1. The van der Waals surface area contributed by atoms with Gasteiger partial charge in [-0.15, -0.1) is 0 Å². The number of allylic oxidation sites excluding steroid dienone is 4. The summed E-state index contributed by atoms with van der Waals surface area (Å²) in [5.74, 6) is 7.94. The highest BCUT2D eigenvalue weighted by atomic mass is 33.1. The number of rotatable bonds is 7. The van der Waals surface area contributed by atoms with Crippen molar-refractivity contribution >= 4 is 21.6 Å². The topological polar surface area (TPSA) is 205 Å². The van der Waals surface area contributed by atoms with Gasteiger partial charge in [0.15, 0.2) is 11.5 Å². The molecule has 3 fully saturated rings. The van der Waals surface area contributed by atoms with Crippen LogP contribution in [0.4, 0.5) is 0 Å². The Hall–Kier alpha value is -4.88. The molecule has 19 atom stereocenters. The number of benzene rings is 3. The predicted octanol–water partition coefficient (Wildman–Crippen LogP) is 9.43. The number of aliphatic hydroxyl groups excluding tert-OH is 6. The van der Waals surface area contributed by atoms with Gasteiger partial charge in [0, 0.05) is 88.5 Å². The molecule has 13 heteroatoms. The number of nitrogens with one attached hydrogen (secondary N) is 2. The second kappa shape index (κ2) is 23.2. The molecule has 2 bridgehead atoms. The third kappa shape index (κ3) is 9.91. The first kappa shape index (κ1) is 56.3. The maximum atomic E-state index is 12.9. The molecule has 9 aliphatic rings. The fourth-order valence-electron chi connectivity index (χ4n) is 18.1. The second-order valence-corrected chi connectivity index (χ2v) is 28.4. The smallest absolute Gasteiger partial charge is 0.161 e. The lowest BCUT2D eigenvalue weighted by molar-refractivity contribution is -0.184. The van der Waals surface area contributed by atoms with Crippen LogP contribution in [0.25, 0.3) is 0 Å². The van der Waals surface area contributed by atoms with Crippen molar-refractivity contribution in [1.29, 1.82) is 0 Å². The Labute approximate surface area is 491 Å². The van der Waals surface area contributed by atoms with Crippen LogP contribution in [0, 0.1) is 75.9 Å². The van der Waals surface area contributed by atoms with Gasteiger partial charge in [-0.05, 0) is 171 Å². The molecule has 11 nitrogen and oxygen atoms in total. The van der Waals surface area contributed by atoms with Gasteiger partial charge >= 0.3 is 0 Å². The van der Waals surface area contributed by atoms with Gasteiger partial charge in [-0.25, -0.2) is 0 Å². The van der Waals surface area contributed by atoms with E-state index in [4.69, 9.17) is 10.5 Å². The molecule has 0 unspecified atom stereocenters. The van der Waals surface area contributed by atoms with E-state index >= 15 is 0 Å². The number of nitrogens with two attached hydrogens (primary N) is 1. The summed E-state index contributed by atoms with van der Waals surface area (Å²) in [7, 11) is 3.25. The normalized spacial score (nSPS) is 38.7. The molecule has 4 aromatic rings. The molecule has 1 saturated heterocycles. The van der Waals surface area contributed by atoms with Crippen molar-refractivity contribution < 1.29 is 40.5 Å². The number of aromatic amines is 1. The summed E-state index contributed by atoms with van der Waals surface area (Å²) >= 11 is 0. The number of hydrogen-bond acceptors (Lipinski definition) is 12. The molecule has 82 heavy (non-hydrogen) atoms. The Morgan fingerprint density at radius 1 is 0.829 bits per heavy atom. The highest BCUT2D eigenvalue weighted by Gasteiger charge is 2.69. The minimum Gasteiger partial charge on any atom is -0.504 e. The minimum absolute atomic E-state index is 0.0275. The van der Waals surface area contributed by atoms with Gasteiger partial charge in [0.25, 0.3) is 0 Å². The predicted molar refractivity (Wildman–Crippen MR) is 324 cm³/mol. The number of aromatic nitrogens is 1. The van der Waals surface area contributed by atoms with E-state index in [9.17, 15) is 35.7 Å². The molecule has 2 spiro atoms. The Morgan fingerprint density at radius 2 is 1.63 bits per heavy atom. The monoisotopic (exact) mass is 1150 g/mol. The fraction of sp³-hybridized carbons (Fsp3) is 0.536. The number of aliphatic hydroxyl groups is 6. The maximum absolute atomic E-state index is 12.9. The molecule has 1 aromatic heterocycles. The van der Waals surface area contributed by atoms with Crippen LogP contribution in [0.15, 0.2) is 132 Å². The van der Waals surface area contributed by atoms with Gasteiger partial charge in [0.2, 0.25) is 0 Å². The van der Waals surface area contributed by atoms with Crippen molar-refractivity contribution in [1.82, 2.24) is 10.3 Å². The van der Waals surface area contributed by atoms with E-state index in [0.29, 0.717) is 74.7 Å². The molecule has 434 valence electrons. The third-order valence-electron chi connectivity index (χ3n) is 22.0. The van der Waals surface area contributed by atoms with Crippen molar-refractivity contribution in [2.24, 2.45) is 69.8 Å². The number of dihydropyridines is 1. The minimum atomic E-state index is -1.08. The second-order valence-electron chi connectivity index (χ2n) is 25.9. The Morgan fingerprint density at radius 3 is 2.44 bits per heavy atom. The Balaban J connectivity index is 0.908. The molecule has 13 rings (SSSR count). The van der Waals surface area contributed by atoms with Gasteiger partial charge in [-0.1, -0.05) is 125 Å². The van der Waals surface area contributed by atoms with Crippen LogP contribution in [0.1, 0.15) is 110 Å². The molecular weight excluding hydrogens is 1060 g/mol. The Kier molecular flexibility index (Phi) is 15.9. The number of phenols is 1. The molecule has 7 aliphatic carbocycles. The first-order valence-corrected chi connectivity index (χ1v) is 33.3. The van der Waals surface area contributed by atoms with Crippen molar-refractivity contribution in [3.8, 4) is 23.3 Å². The quantitative estimate of drug-likeness (QED) is 0.0478. The summed E-state index contributed by atoms with van der Waals surface area (Å²) in [5, 5.41) is 89.7. The fourth-order valence-corrected chi connectivity index (χ4v) is 20.7. The zero-order valence-corrected chi connectivity index (χ0v) is 48.8. The van der Waals surface area contributed by atoms with Crippen molar-refractivity contribution in [3.05, 3.63) is 165 Å². The van der Waals surface area contributed by atoms with E-state index in [1.54, 1.807) is 21.6 Å². The number of ether oxygens (including phenoxy) is 1. The highest BCUT2D eigenvalue weighted by Crippen LogP contribution is 2.72. The van der Waals surface area contributed by atoms with E-state index in [0.717, 1.165) is 60.1 Å². The van der Waals surface area contributed by atoms with Crippen LogP contribution in [-0.4, -0.2) is 102 Å². The molecule has 0 amide bonds. The standard InChI is InChI=1S/C69H83N3O8S2/c1-2-39-27-44-31-60(77)62(80-63-32-45(28-48-13-8-25-71-48)49-22-26-72-67(70)54(49)38-82-81-37-46(36-73)65(63)79)34-51(44)52-33-61(78)64-43(29-50(39)52)20-23-68-35-53(41-10-4-3-5-11-41)56-30-42-12-7-6-9-40(42)14-15-47-16-17-59(76)66(68)69(47,56)24-21-55(68)57(74)18-19-58(64)75/h3-13,21-22,24-25,29,31,34,39,43,45-47,52-53,55-59,61,63-66,71-79H,2,14-19,26-28,30,32-33,35-38,70H2,1H3/t39-,43+,45+,46+,47-,52+,53-,55+,56-,57-,58+,59+,61-,63-,64-,65-,66-,68-,69+/m1/s1. The van der Waals surface area contributed by atoms with E-state index in [-0.39, 0.29) is 71.4 Å². The van der Waals surface area contributed by atoms with Crippen LogP contribution < -0.4 is 15.8 Å². The summed E-state index contributed by atoms with van der Waals surface area (Å²) < 4.78 is 7.02. The van der Waals surface area contributed by atoms with E-state index in [2.05, 4.69) is 114 Å². The zero-order chi connectivity index (χ0) is 56.4. The lowest BCUT2D eigenvalue weighted by Crippen LogP contribution is -2.67. The average molecular weight is 1150 g/mol. The molecular formula is C69H83N3O8S2. The van der Waals surface area contributed by atoms with Gasteiger partial charge in [0.05, 0.1) is 30.5 Å². The van der Waals surface area contributed by atoms with Gasteiger partial charge < -0.3 is 56.5 Å². The first-order valence-electron chi connectivity index (χ1n) is 30.8. The van der Waals surface area contributed by atoms with Crippen molar-refractivity contribution in [2.75, 3.05) is 24.7 Å². The lowest BCUT2D eigenvalue weighted by Gasteiger charge is -2.69. The van der Waals surface area contributed by atoms with E-state index in [1.807, 2.05) is 24.4 Å². The van der Waals surface area contributed by atoms with Crippen molar-refractivity contribution in [3.63, 3.8) is 0 Å². The average Bonchev–Trinajstić information content (AvgIpc) is 2.07. The highest BCUT2D eigenvalue weighted by molar-refractivity contribution is 8.76. The van der Waals surface area contributed by atoms with Crippen LogP contribution in [0.3, 0.4) is 0 Å². The van der Waals surface area contributed by atoms with Gasteiger partial charge in [0.1, 0.15) is 11.9 Å². The van der Waals surface area contributed by atoms with Crippen LogP contribution in [-0.2, 0) is 25.7 Å². The molecule has 0 radical (unpaired) electrons. The number of hydrogen-bond donors (Lipinski definition) is 10. The van der Waals surface area contributed by atoms with Gasteiger partial charge in [-0.3, -0.25) is 0 Å². The number of fused-ring (bicyclic) bond motifs is 6. The number of aryl methyl sites for hydroxylation is 1. The third-order valence-corrected chi connectivity index (χ3v) is 24.4. The summed E-state index contributed by atoms with van der Waals surface area (Å²) in [6.45, 7) is 2.53. The largest absolute Gasteiger partial charge is 0.504 e. The summed E-state index contributed by atoms with van der Waals surface area (Å²) in [5.41, 5.74) is 15.8. The van der Waals surface area contributed by atoms with Crippen molar-refractivity contribution in [2.45, 2.75) is 139 Å². The molecule has 11 N–H and O–H groups in total. The Bertz CT molecular complexity index is 3170. The molecule has 2 aliphatic heterocycles. The summed E-state index contributed by atoms with van der Waals surface area (Å²) in [6.07, 6.45) is 14.5. The summed E-state index contributed by atoms with van der Waals surface area (Å²) in [4.78, 5) is 3.39. The number of H-pyrrole nitrogens is 1. The zero-order valence-electron chi connectivity index (χ0n) is 47.2. The maximum Gasteiger partial charge on any atom is 0.161 e. The summed E-state index contributed by atoms with van der Waals surface area (Å²) in [6, 6.07) is 27.7. The first-order chi connectivity index (χ1) is 39.9. The van der Waals surface area contributed by atoms with E-state index in [1.165, 1.54) is 22.3 Å². The number of aromatic hydroxyl groups is 1. The molecule has 2 saturated carbocycles. The lowest BCUT2D eigenvalue weighted by atomic mass is 9.35. The van der Waals surface area contributed by atoms with Crippen LogP contribution >= 0.6 is 21.6 Å².